The zero-order valence-electron chi connectivity index (χ0n) is 7.80. The van der Waals surface area contributed by atoms with Crippen LogP contribution in [-0.2, 0) is 11.2 Å². The van der Waals surface area contributed by atoms with E-state index in [0.717, 1.165) is 16.4 Å². The summed E-state index contributed by atoms with van der Waals surface area (Å²) in [6.07, 6.45) is 2.87. The van der Waals surface area contributed by atoms with Crippen molar-refractivity contribution in [2.45, 2.75) is 6.42 Å². The molecule has 0 atom stereocenters. The van der Waals surface area contributed by atoms with E-state index in [1.165, 1.54) is 0 Å². The molecule has 0 spiro atoms. The molecule has 0 fully saturated rings. The third kappa shape index (κ3) is 2.30. The highest BCUT2D eigenvalue weighted by atomic mass is 79.9. The lowest BCUT2D eigenvalue weighted by Crippen LogP contribution is -1.93. The SMILES string of the molecule is O=CCc1cn(-c2ccc(Br)cc2)nn1. The second-order valence-electron chi connectivity index (χ2n) is 3.00. The normalized spacial score (nSPS) is 10.2. The molecule has 4 nitrogen and oxygen atoms in total. The van der Waals surface area contributed by atoms with E-state index in [-0.39, 0.29) is 0 Å². The summed E-state index contributed by atoms with van der Waals surface area (Å²) < 4.78 is 2.66. The Morgan fingerprint density at radius 2 is 2.07 bits per heavy atom. The van der Waals surface area contributed by atoms with Gasteiger partial charge in [-0.1, -0.05) is 21.1 Å². The monoisotopic (exact) mass is 265 g/mol. The average molecular weight is 266 g/mol. The van der Waals surface area contributed by atoms with Crippen molar-refractivity contribution in [3.05, 3.63) is 40.6 Å². The van der Waals surface area contributed by atoms with Gasteiger partial charge in [-0.25, -0.2) is 4.68 Å². The highest BCUT2D eigenvalue weighted by molar-refractivity contribution is 9.10. The Bertz CT molecular complexity index is 464. The van der Waals surface area contributed by atoms with E-state index in [2.05, 4.69) is 26.2 Å². The molecule has 2 aromatic rings. The molecule has 5 heteroatoms. The Balaban J connectivity index is 2.28. The molecular weight excluding hydrogens is 258 g/mol. The fraction of sp³-hybridized carbons (Fsp3) is 0.100. The van der Waals surface area contributed by atoms with Gasteiger partial charge in [0.2, 0.25) is 0 Å². The summed E-state index contributed by atoms with van der Waals surface area (Å²) in [7, 11) is 0. The molecule has 0 saturated carbocycles. The van der Waals surface area contributed by atoms with Crippen molar-refractivity contribution in [2.75, 3.05) is 0 Å². The third-order valence-corrected chi connectivity index (χ3v) is 2.45. The van der Waals surface area contributed by atoms with Gasteiger partial charge in [0.1, 0.15) is 6.29 Å². The van der Waals surface area contributed by atoms with Gasteiger partial charge in [-0.3, -0.25) is 0 Å². The van der Waals surface area contributed by atoms with Crippen LogP contribution in [0.3, 0.4) is 0 Å². The van der Waals surface area contributed by atoms with Gasteiger partial charge in [-0.15, -0.1) is 5.10 Å². The van der Waals surface area contributed by atoms with Gasteiger partial charge in [0, 0.05) is 10.9 Å². The van der Waals surface area contributed by atoms with Crippen LogP contribution >= 0.6 is 15.9 Å². The van der Waals surface area contributed by atoms with Crippen molar-refractivity contribution >= 4 is 22.2 Å². The number of nitrogens with zero attached hydrogens (tertiary/aromatic N) is 3. The van der Waals surface area contributed by atoms with E-state index < -0.39 is 0 Å². The second-order valence-corrected chi connectivity index (χ2v) is 3.92. The zero-order valence-corrected chi connectivity index (χ0v) is 9.39. The number of aromatic nitrogens is 3. The Morgan fingerprint density at radius 1 is 1.33 bits per heavy atom. The first kappa shape index (κ1) is 10.0. The van der Waals surface area contributed by atoms with Crippen molar-refractivity contribution in [1.82, 2.24) is 15.0 Å². The minimum Gasteiger partial charge on any atom is -0.303 e. The van der Waals surface area contributed by atoms with Crippen LogP contribution in [0.15, 0.2) is 34.9 Å². The average Bonchev–Trinajstić information content (AvgIpc) is 2.68. The molecule has 0 aliphatic heterocycles. The smallest absolute Gasteiger partial charge is 0.126 e. The van der Waals surface area contributed by atoms with Gasteiger partial charge < -0.3 is 4.79 Å². The van der Waals surface area contributed by atoms with Crippen LogP contribution in [0.1, 0.15) is 5.69 Å². The summed E-state index contributed by atoms with van der Waals surface area (Å²) in [4.78, 5) is 10.3. The predicted molar refractivity (Wildman–Crippen MR) is 58.8 cm³/mol. The maximum absolute atomic E-state index is 10.3. The third-order valence-electron chi connectivity index (χ3n) is 1.92. The largest absolute Gasteiger partial charge is 0.303 e. The topological polar surface area (TPSA) is 47.8 Å². The number of carbonyl (C=O) groups excluding carboxylic acids is 1. The van der Waals surface area contributed by atoms with Crippen LogP contribution in [-0.4, -0.2) is 21.3 Å². The van der Waals surface area contributed by atoms with Crippen LogP contribution < -0.4 is 0 Å². The van der Waals surface area contributed by atoms with Crippen LogP contribution in [0.5, 0.6) is 0 Å². The molecule has 0 N–H and O–H groups in total. The lowest BCUT2D eigenvalue weighted by atomic mass is 10.3. The number of rotatable bonds is 3. The number of benzene rings is 1. The van der Waals surface area contributed by atoms with Crippen LogP contribution in [0.4, 0.5) is 0 Å². The molecule has 1 heterocycles. The number of halogens is 1. The Labute approximate surface area is 95.0 Å². The Kier molecular flexibility index (Phi) is 2.91. The van der Waals surface area contributed by atoms with E-state index in [4.69, 9.17) is 0 Å². The number of hydrogen-bond acceptors (Lipinski definition) is 3. The van der Waals surface area contributed by atoms with Crippen LogP contribution in [0.2, 0.25) is 0 Å². The molecular formula is C10H8BrN3O. The molecule has 0 amide bonds. The van der Waals surface area contributed by atoms with E-state index in [1.807, 2.05) is 24.3 Å². The van der Waals surface area contributed by atoms with Gasteiger partial charge in [-0.2, -0.15) is 0 Å². The van der Waals surface area contributed by atoms with Gasteiger partial charge in [0.25, 0.3) is 0 Å². The van der Waals surface area contributed by atoms with Crippen molar-refractivity contribution in [3.8, 4) is 5.69 Å². The Morgan fingerprint density at radius 3 is 2.73 bits per heavy atom. The summed E-state index contributed by atoms with van der Waals surface area (Å²) in [5.74, 6) is 0. The minimum atomic E-state index is 0.302. The standard InChI is InChI=1S/C10H8BrN3O/c11-8-1-3-10(4-2-8)14-7-9(5-6-15)12-13-14/h1-4,6-7H,5H2. The predicted octanol–water partition coefficient (Wildman–Crippen LogP) is 1.77. The van der Waals surface area contributed by atoms with E-state index >= 15 is 0 Å². The summed E-state index contributed by atoms with van der Waals surface area (Å²) in [6, 6.07) is 7.69. The van der Waals surface area contributed by atoms with Gasteiger partial charge in [0.05, 0.1) is 17.6 Å². The second kappa shape index (κ2) is 4.35. The maximum Gasteiger partial charge on any atom is 0.126 e. The summed E-state index contributed by atoms with van der Waals surface area (Å²) in [6.45, 7) is 0. The zero-order chi connectivity index (χ0) is 10.7. The molecule has 15 heavy (non-hydrogen) atoms. The molecule has 0 radical (unpaired) electrons. The number of hydrogen-bond donors (Lipinski definition) is 0. The fourth-order valence-corrected chi connectivity index (χ4v) is 1.46. The summed E-state index contributed by atoms with van der Waals surface area (Å²) in [5, 5.41) is 7.80. The van der Waals surface area contributed by atoms with Crippen LogP contribution in [0, 0.1) is 0 Å². The highest BCUT2D eigenvalue weighted by Gasteiger charge is 2.01. The van der Waals surface area contributed by atoms with E-state index in [0.29, 0.717) is 12.1 Å². The van der Waals surface area contributed by atoms with Crippen molar-refractivity contribution in [2.24, 2.45) is 0 Å². The molecule has 0 bridgehead atoms. The molecule has 76 valence electrons. The van der Waals surface area contributed by atoms with E-state index in [1.54, 1.807) is 10.9 Å². The first-order valence-electron chi connectivity index (χ1n) is 4.40. The number of carbonyl (C=O) groups is 1. The summed E-state index contributed by atoms with van der Waals surface area (Å²) in [5.41, 5.74) is 1.59. The summed E-state index contributed by atoms with van der Waals surface area (Å²) >= 11 is 3.36. The molecule has 0 unspecified atom stereocenters. The quantitative estimate of drug-likeness (QED) is 0.795. The molecule has 2 rings (SSSR count). The molecule has 0 saturated heterocycles. The first-order valence-corrected chi connectivity index (χ1v) is 5.19. The molecule has 1 aromatic carbocycles. The lowest BCUT2D eigenvalue weighted by Gasteiger charge is -1.98. The van der Waals surface area contributed by atoms with Crippen molar-refractivity contribution in [3.63, 3.8) is 0 Å². The highest BCUT2D eigenvalue weighted by Crippen LogP contribution is 2.13. The Hall–Kier alpha value is -1.49. The van der Waals surface area contributed by atoms with Crippen LogP contribution in [0.25, 0.3) is 5.69 Å². The lowest BCUT2D eigenvalue weighted by molar-refractivity contribution is -0.107. The molecule has 1 aromatic heterocycles. The van der Waals surface area contributed by atoms with Crippen molar-refractivity contribution < 1.29 is 4.79 Å². The molecule has 0 aliphatic rings. The van der Waals surface area contributed by atoms with Crippen molar-refractivity contribution in [1.29, 1.82) is 0 Å². The van der Waals surface area contributed by atoms with Gasteiger partial charge in [-0.05, 0) is 24.3 Å². The number of aldehydes is 1. The fourth-order valence-electron chi connectivity index (χ4n) is 1.20. The molecule has 0 aliphatic carbocycles. The van der Waals surface area contributed by atoms with Gasteiger partial charge >= 0.3 is 0 Å². The maximum atomic E-state index is 10.3. The van der Waals surface area contributed by atoms with Gasteiger partial charge in [0.15, 0.2) is 0 Å². The first-order chi connectivity index (χ1) is 7.29. The minimum absolute atomic E-state index is 0.302. The van der Waals surface area contributed by atoms with E-state index in [9.17, 15) is 4.79 Å².